The van der Waals surface area contributed by atoms with E-state index in [0.29, 0.717) is 27.7 Å². The summed E-state index contributed by atoms with van der Waals surface area (Å²) in [5.41, 5.74) is 1.88. The minimum Gasteiger partial charge on any atom is -0.475 e. The van der Waals surface area contributed by atoms with Gasteiger partial charge in [-0.1, -0.05) is 54.6 Å². The third kappa shape index (κ3) is 4.94. The Bertz CT molecular complexity index is 1610. The lowest BCUT2D eigenvalue weighted by Crippen LogP contribution is -2.44. The fraction of sp³-hybridized carbons (Fsp3) is 0.185. The summed E-state index contributed by atoms with van der Waals surface area (Å²) >= 11 is 0. The number of aromatic nitrogens is 2. The third-order valence-corrected chi connectivity index (χ3v) is 6.44. The number of hydrogen-bond acceptors (Lipinski definition) is 5. The van der Waals surface area contributed by atoms with Crippen LogP contribution in [0, 0.1) is 0 Å². The Morgan fingerprint density at radius 3 is 2.20 bits per heavy atom. The molecule has 1 unspecified atom stereocenters. The topological polar surface area (TPSA) is 136 Å². The molecule has 0 saturated heterocycles. The van der Waals surface area contributed by atoms with Crippen LogP contribution in [0.5, 0.6) is 0 Å². The van der Waals surface area contributed by atoms with Crippen molar-refractivity contribution in [2.75, 3.05) is 11.9 Å². The second-order valence-corrected chi connectivity index (χ2v) is 8.91. The Morgan fingerprint density at radius 2 is 1.60 bits per heavy atom. The maximum atomic E-state index is 13.4. The fourth-order valence-electron chi connectivity index (χ4n) is 4.45. The molecule has 1 aliphatic heterocycles. The van der Waals surface area contributed by atoms with Crippen molar-refractivity contribution in [1.82, 2.24) is 14.5 Å². The van der Waals surface area contributed by atoms with E-state index in [2.05, 4.69) is 4.98 Å². The summed E-state index contributed by atoms with van der Waals surface area (Å²) in [5, 5.41) is 28.6. The number of carbonyl (C=O) groups is 3. The number of hydrogen-bond donors (Lipinski definition) is 3. The summed E-state index contributed by atoms with van der Waals surface area (Å²) < 4.78 is 33.4. The molecular weight excluding hydrogens is 533 g/mol. The molecule has 0 aliphatic carbocycles. The van der Waals surface area contributed by atoms with Gasteiger partial charge in [0.15, 0.2) is 5.72 Å². The highest BCUT2D eigenvalue weighted by Gasteiger charge is 2.49. The molecule has 208 valence electrons. The number of amides is 2. The molecule has 13 heteroatoms. The molecule has 2 amide bonds. The lowest BCUT2D eigenvalue weighted by Gasteiger charge is -2.35. The number of halogens is 3. The van der Waals surface area contributed by atoms with E-state index in [9.17, 15) is 33.0 Å². The van der Waals surface area contributed by atoms with E-state index in [1.165, 1.54) is 11.9 Å². The van der Waals surface area contributed by atoms with Crippen LogP contribution in [0.3, 0.4) is 0 Å². The Balaban J connectivity index is 0.000000470. The third-order valence-electron chi connectivity index (χ3n) is 6.44. The van der Waals surface area contributed by atoms with Gasteiger partial charge in [0.25, 0.3) is 5.91 Å². The van der Waals surface area contributed by atoms with Gasteiger partial charge in [0.05, 0.1) is 11.0 Å². The monoisotopic (exact) mass is 556 g/mol. The molecule has 0 spiro atoms. The number of fused-ring (bicyclic) bond motifs is 2. The quantitative estimate of drug-likeness (QED) is 0.343. The van der Waals surface area contributed by atoms with Crippen molar-refractivity contribution in [3.05, 3.63) is 95.1 Å². The predicted octanol–water partition coefficient (Wildman–Crippen LogP) is 4.17. The van der Waals surface area contributed by atoms with Crippen molar-refractivity contribution in [2.45, 2.75) is 18.4 Å². The Kier molecular flexibility index (Phi) is 7.26. The summed E-state index contributed by atoms with van der Waals surface area (Å²) in [6.45, 7) is 0.223. The first kappa shape index (κ1) is 28.1. The Morgan fingerprint density at radius 1 is 1.00 bits per heavy atom. The van der Waals surface area contributed by atoms with Crippen molar-refractivity contribution in [3.63, 3.8) is 0 Å². The number of imidazole rings is 1. The Labute approximate surface area is 225 Å². The molecule has 0 bridgehead atoms. The average Bonchev–Trinajstić information content (AvgIpc) is 3.36. The van der Waals surface area contributed by atoms with Crippen LogP contribution in [-0.4, -0.2) is 61.0 Å². The normalized spacial score (nSPS) is 16.4. The fourth-order valence-corrected chi connectivity index (χ4v) is 4.45. The number of nitrogens with zero attached hydrogens (tertiary/aromatic N) is 4. The SMILES string of the molecule is CN(C(=O)O)c1nc2ccc(C3(O)c4ccccc4C(=O)N3Cc3ccccc3)cc2n1C.O=C(O)C(F)(F)F. The average molecular weight is 556 g/mol. The van der Waals surface area contributed by atoms with Crippen LogP contribution in [0.2, 0.25) is 0 Å². The number of aliphatic carboxylic acids is 1. The highest BCUT2D eigenvalue weighted by atomic mass is 19.4. The van der Waals surface area contributed by atoms with E-state index in [1.54, 1.807) is 54.1 Å². The van der Waals surface area contributed by atoms with Crippen LogP contribution in [0.15, 0.2) is 72.8 Å². The van der Waals surface area contributed by atoms with E-state index in [4.69, 9.17) is 9.90 Å². The standard InChI is InChI=1S/C25H22N4O4.C2HF3O2/c1-27-21-14-17(12-13-20(21)26-23(27)28(2)24(31)32)25(33)19-11-7-6-10-18(19)22(30)29(25)15-16-8-4-3-5-9-16;3-2(4,5)1(6)7/h3-14,33H,15H2,1-2H3,(H,31,32);(H,6,7). The summed E-state index contributed by atoms with van der Waals surface area (Å²) in [7, 11) is 3.14. The van der Waals surface area contributed by atoms with Crippen molar-refractivity contribution >= 4 is 35.0 Å². The second kappa shape index (κ2) is 10.3. The number of benzene rings is 3. The van der Waals surface area contributed by atoms with Gasteiger partial charge in [-0.3, -0.25) is 14.6 Å². The first-order valence-electron chi connectivity index (χ1n) is 11.7. The summed E-state index contributed by atoms with van der Waals surface area (Å²) in [6.07, 6.45) is -6.21. The minimum atomic E-state index is -5.08. The zero-order valence-corrected chi connectivity index (χ0v) is 21.1. The lowest BCUT2D eigenvalue weighted by molar-refractivity contribution is -0.192. The smallest absolute Gasteiger partial charge is 0.475 e. The van der Waals surface area contributed by atoms with Crippen LogP contribution in [0.4, 0.5) is 23.9 Å². The maximum Gasteiger partial charge on any atom is 0.490 e. The van der Waals surface area contributed by atoms with Crippen molar-refractivity contribution in [2.24, 2.45) is 7.05 Å². The van der Waals surface area contributed by atoms with E-state index < -0.39 is 24.0 Å². The number of aliphatic hydroxyl groups is 1. The van der Waals surface area contributed by atoms with Gasteiger partial charge in [-0.05, 0) is 23.8 Å². The van der Waals surface area contributed by atoms with Gasteiger partial charge in [0.1, 0.15) is 0 Å². The first-order valence-corrected chi connectivity index (χ1v) is 11.7. The van der Waals surface area contributed by atoms with Crippen molar-refractivity contribution < 1.29 is 42.9 Å². The van der Waals surface area contributed by atoms with Gasteiger partial charge < -0.3 is 19.9 Å². The van der Waals surface area contributed by atoms with E-state index in [1.807, 2.05) is 30.3 Å². The number of carboxylic acid groups (broad SMARTS) is 2. The van der Waals surface area contributed by atoms with E-state index in [-0.39, 0.29) is 18.4 Å². The van der Waals surface area contributed by atoms with Crippen LogP contribution in [0.1, 0.15) is 27.0 Å². The molecule has 1 aromatic heterocycles. The number of carbonyl (C=O) groups excluding carboxylic acids is 1. The number of rotatable bonds is 4. The zero-order chi connectivity index (χ0) is 29.4. The largest absolute Gasteiger partial charge is 0.490 e. The Hall–Kier alpha value is -4.91. The first-order chi connectivity index (χ1) is 18.8. The molecule has 1 aliphatic rings. The molecule has 3 N–H and O–H groups in total. The van der Waals surface area contributed by atoms with Gasteiger partial charge >= 0.3 is 18.2 Å². The number of aryl methyl sites for hydroxylation is 1. The van der Waals surface area contributed by atoms with Gasteiger partial charge in [-0.15, -0.1) is 0 Å². The zero-order valence-electron chi connectivity index (χ0n) is 21.1. The number of alkyl halides is 3. The maximum absolute atomic E-state index is 13.4. The molecule has 40 heavy (non-hydrogen) atoms. The molecule has 0 fully saturated rings. The molecule has 4 aromatic rings. The molecule has 0 saturated carbocycles. The van der Waals surface area contributed by atoms with Crippen LogP contribution < -0.4 is 4.90 Å². The van der Waals surface area contributed by atoms with Crippen molar-refractivity contribution in [3.8, 4) is 0 Å². The van der Waals surface area contributed by atoms with Crippen LogP contribution in [-0.2, 0) is 24.1 Å². The lowest BCUT2D eigenvalue weighted by atomic mass is 9.93. The second-order valence-electron chi connectivity index (χ2n) is 8.91. The number of anilines is 1. The number of carboxylic acids is 1. The van der Waals surface area contributed by atoms with Crippen LogP contribution in [0.25, 0.3) is 11.0 Å². The minimum absolute atomic E-state index is 0.223. The van der Waals surface area contributed by atoms with Crippen LogP contribution >= 0.6 is 0 Å². The summed E-state index contributed by atoms with van der Waals surface area (Å²) in [6, 6.07) is 21.8. The van der Waals surface area contributed by atoms with Gasteiger partial charge in [-0.2, -0.15) is 13.2 Å². The van der Waals surface area contributed by atoms with Gasteiger partial charge in [-0.25, -0.2) is 14.6 Å². The molecule has 2 heterocycles. The van der Waals surface area contributed by atoms with Gasteiger partial charge in [0.2, 0.25) is 5.95 Å². The summed E-state index contributed by atoms with van der Waals surface area (Å²) in [4.78, 5) is 40.6. The molecular formula is C27H23F3N4O6. The van der Waals surface area contributed by atoms with E-state index in [0.717, 1.165) is 10.5 Å². The molecule has 1 atom stereocenters. The highest BCUT2D eigenvalue weighted by Crippen LogP contribution is 2.43. The highest BCUT2D eigenvalue weighted by molar-refractivity contribution is 6.00. The van der Waals surface area contributed by atoms with Gasteiger partial charge in [0, 0.05) is 37.3 Å². The van der Waals surface area contributed by atoms with E-state index >= 15 is 0 Å². The molecule has 0 radical (unpaired) electrons. The molecule has 10 nitrogen and oxygen atoms in total. The molecule has 5 rings (SSSR count). The predicted molar refractivity (Wildman–Crippen MR) is 137 cm³/mol. The summed E-state index contributed by atoms with van der Waals surface area (Å²) in [5.74, 6) is -2.76. The molecule has 3 aromatic carbocycles. The van der Waals surface area contributed by atoms with Crippen molar-refractivity contribution in [1.29, 1.82) is 0 Å².